The van der Waals surface area contributed by atoms with E-state index in [4.69, 9.17) is 9.16 Å². The standard InChI is InChI=1S/C20H28BrNO3Si2/c1-26(2,3)22(17-13-11-16(21)12-14-17)20(23)15-24-18-9-7-8-10-19(18)25-27(4,5)6/h7-14H,15H2,1-6H3. The molecule has 0 aromatic heterocycles. The van der Waals surface area contributed by atoms with Gasteiger partial charge in [-0.3, -0.25) is 4.79 Å². The van der Waals surface area contributed by atoms with E-state index in [1.165, 1.54) is 0 Å². The van der Waals surface area contributed by atoms with E-state index in [1.807, 2.05) is 53.1 Å². The lowest BCUT2D eigenvalue weighted by Gasteiger charge is -2.34. The number of benzene rings is 2. The first-order chi connectivity index (χ1) is 12.5. The summed E-state index contributed by atoms with van der Waals surface area (Å²) >= 11 is 3.45. The highest BCUT2D eigenvalue weighted by Gasteiger charge is 2.30. The maximum absolute atomic E-state index is 13.0. The molecular weight excluding hydrogens is 438 g/mol. The SMILES string of the molecule is C[Si](C)(C)Oc1ccccc1OCC(=O)N(c1ccc(Br)cc1)[Si](C)(C)C. The molecule has 1 amide bonds. The fourth-order valence-corrected chi connectivity index (χ4v) is 5.51. The number of hydrogen-bond donors (Lipinski definition) is 0. The van der Waals surface area contributed by atoms with E-state index >= 15 is 0 Å². The van der Waals surface area contributed by atoms with Gasteiger partial charge >= 0.3 is 0 Å². The Morgan fingerprint density at radius 1 is 0.926 bits per heavy atom. The number of amides is 1. The van der Waals surface area contributed by atoms with Crippen LogP contribution in [0.15, 0.2) is 53.0 Å². The van der Waals surface area contributed by atoms with Gasteiger partial charge in [-0.05, 0) is 56.0 Å². The van der Waals surface area contributed by atoms with Crippen LogP contribution in [0.2, 0.25) is 39.3 Å². The molecule has 0 unspecified atom stereocenters. The molecule has 0 aliphatic heterocycles. The molecule has 0 atom stereocenters. The summed E-state index contributed by atoms with van der Waals surface area (Å²) in [5, 5.41) is 0. The Morgan fingerprint density at radius 3 is 2.00 bits per heavy atom. The van der Waals surface area contributed by atoms with Crippen LogP contribution in [0.3, 0.4) is 0 Å². The Hall–Kier alpha value is -1.58. The first kappa shape index (κ1) is 21.7. The molecule has 2 aromatic rings. The second kappa shape index (κ2) is 8.62. The minimum Gasteiger partial charge on any atom is -0.542 e. The number of carbonyl (C=O) groups excluding carboxylic acids is 1. The molecule has 0 radical (unpaired) electrons. The van der Waals surface area contributed by atoms with Crippen LogP contribution in [0.5, 0.6) is 11.5 Å². The summed E-state index contributed by atoms with van der Waals surface area (Å²) in [4.78, 5) is 13.0. The van der Waals surface area contributed by atoms with E-state index in [-0.39, 0.29) is 12.5 Å². The average Bonchev–Trinajstić information content (AvgIpc) is 2.53. The van der Waals surface area contributed by atoms with Crippen molar-refractivity contribution >= 4 is 44.1 Å². The van der Waals surface area contributed by atoms with E-state index in [9.17, 15) is 4.79 Å². The summed E-state index contributed by atoms with van der Waals surface area (Å²) in [5.74, 6) is 1.27. The maximum Gasteiger partial charge on any atom is 0.256 e. The van der Waals surface area contributed by atoms with Gasteiger partial charge in [0, 0.05) is 10.2 Å². The van der Waals surface area contributed by atoms with Gasteiger partial charge < -0.3 is 13.7 Å². The molecule has 0 bridgehead atoms. The van der Waals surface area contributed by atoms with Gasteiger partial charge in [0.15, 0.2) is 20.6 Å². The van der Waals surface area contributed by atoms with Gasteiger partial charge in [-0.25, -0.2) is 0 Å². The van der Waals surface area contributed by atoms with Gasteiger partial charge in [0.1, 0.15) is 5.75 Å². The van der Waals surface area contributed by atoms with E-state index in [0.29, 0.717) is 11.5 Å². The lowest BCUT2D eigenvalue weighted by Crippen LogP contribution is -2.51. The van der Waals surface area contributed by atoms with Crippen molar-refractivity contribution < 1.29 is 14.0 Å². The zero-order valence-electron chi connectivity index (χ0n) is 16.9. The summed E-state index contributed by atoms with van der Waals surface area (Å²) in [6.45, 7) is 12.8. The lowest BCUT2D eigenvalue weighted by molar-refractivity contribution is -0.119. The van der Waals surface area contributed by atoms with E-state index in [1.54, 1.807) is 0 Å². The van der Waals surface area contributed by atoms with Crippen LogP contribution in [0.1, 0.15) is 0 Å². The van der Waals surface area contributed by atoms with E-state index in [2.05, 4.69) is 55.2 Å². The molecular formula is C20H28BrNO3Si2. The van der Waals surface area contributed by atoms with Gasteiger partial charge in [-0.1, -0.05) is 47.7 Å². The average molecular weight is 467 g/mol. The van der Waals surface area contributed by atoms with Gasteiger partial charge in [0.2, 0.25) is 8.32 Å². The minimum absolute atomic E-state index is 0.0214. The van der Waals surface area contributed by atoms with Crippen molar-refractivity contribution in [1.29, 1.82) is 0 Å². The lowest BCUT2D eigenvalue weighted by atomic mass is 10.3. The molecule has 0 saturated heterocycles. The Bertz CT molecular complexity index is 783. The molecule has 2 rings (SSSR count). The highest BCUT2D eigenvalue weighted by atomic mass is 79.9. The van der Waals surface area contributed by atoms with Crippen molar-refractivity contribution in [3.8, 4) is 11.5 Å². The molecule has 146 valence electrons. The van der Waals surface area contributed by atoms with Crippen molar-refractivity contribution in [2.24, 2.45) is 0 Å². The molecule has 0 spiro atoms. The fourth-order valence-electron chi connectivity index (χ4n) is 2.68. The van der Waals surface area contributed by atoms with Crippen LogP contribution in [0, 0.1) is 0 Å². The third kappa shape index (κ3) is 6.51. The van der Waals surface area contributed by atoms with E-state index < -0.39 is 16.6 Å². The number of rotatable bonds is 7. The number of ether oxygens (including phenoxy) is 1. The Kier molecular flexibility index (Phi) is 6.94. The summed E-state index contributed by atoms with van der Waals surface area (Å²) in [6, 6.07) is 15.4. The van der Waals surface area contributed by atoms with Crippen molar-refractivity contribution in [1.82, 2.24) is 0 Å². The third-order valence-electron chi connectivity index (χ3n) is 3.62. The van der Waals surface area contributed by atoms with E-state index in [0.717, 1.165) is 10.2 Å². The van der Waals surface area contributed by atoms with Crippen LogP contribution >= 0.6 is 15.9 Å². The molecule has 7 heteroatoms. The third-order valence-corrected chi connectivity index (χ3v) is 6.83. The van der Waals surface area contributed by atoms with Gasteiger partial charge in [0.25, 0.3) is 5.91 Å². The van der Waals surface area contributed by atoms with Gasteiger partial charge in [-0.15, -0.1) is 0 Å². The molecule has 0 saturated carbocycles. The van der Waals surface area contributed by atoms with Crippen molar-refractivity contribution in [2.45, 2.75) is 39.3 Å². The van der Waals surface area contributed by atoms with Crippen LogP contribution in [0.25, 0.3) is 0 Å². The first-order valence-corrected chi connectivity index (χ1v) is 16.6. The van der Waals surface area contributed by atoms with Crippen LogP contribution < -0.4 is 13.7 Å². The second-order valence-corrected chi connectivity index (χ2v) is 18.5. The molecule has 2 aromatic carbocycles. The second-order valence-electron chi connectivity index (χ2n) is 8.33. The minimum atomic E-state index is -1.93. The fraction of sp³-hybridized carbons (Fsp3) is 0.350. The van der Waals surface area contributed by atoms with Gasteiger partial charge in [-0.2, -0.15) is 0 Å². The van der Waals surface area contributed by atoms with Crippen molar-refractivity contribution in [2.75, 3.05) is 11.2 Å². The molecule has 0 heterocycles. The Morgan fingerprint density at radius 2 is 1.48 bits per heavy atom. The first-order valence-electron chi connectivity index (χ1n) is 8.97. The molecule has 0 fully saturated rings. The summed E-state index contributed by atoms with van der Waals surface area (Å²) in [7, 11) is -3.70. The predicted molar refractivity (Wildman–Crippen MR) is 121 cm³/mol. The van der Waals surface area contributed by atoms with Crippen LogP contribution in [-0.2, 0) is 4.79 Å². The normalized spacial score (nSPS) is 11.8. The van der Waals surface area contributed by atoms with Crippen LogP contribution in [0.4, 0.5) is 5.69 Å². The molecule has 27 heavy (non-hydrogen) atoms. The summed E-state index contributed by atoms with van der Waals surface area (Å²) < 4.78 is 14.9. The van der Waals surface area contributed by atoms with Crippen molar-refractivity contribution in [3.05, 3.63) is 53.0 Å². The molecule has 0 aliphatic carbocycles. The van der Waals surface area contributed by atoms with Crippen LogP contribution in [-0.4, -0.2) is 29.1 Å². The zero-order valence-corrected chi connectivity index (χ0v) is 20.5. The number of halogens is 1. The number of para-hydroxylation sites is 2. The quantitative estimate of drug-likeness (QED) is 0.476. The van der Waals surface area contributed by atoms with Crippen molar-refractivity contribution in [3.63, 3.8) is 0 Å². The zero-order chi connectivity index (χ0) is 20.2. The molecule has 4 nitrogen and oxygen atoms in total. The monoisotopic (exact) mass is 465 g/mol. The maximum atomic E-state index is 13.0. The predicted octanol–water partition coefficient (Wildman–Crippen LogP) is 5.91. The molecule has 0 N–H and O–H groups in total. The highest BCUT2D eigenvalue weighted by molar-refractivity contribution is 9.10. The smallest absolute Gasteiger partial charge is 0.256 e. The Balaban J connectivity index is 2.19. The number of anilines is 1. The number of hydrogen-bond acceptors (Lipinski definition) is 3. The summed E-state index contributed by atoms with van der Waals surface area (Å²) in [5.41, 5.74) is 0.901. The largest absolute Gasteiger partial charge is 0.542 e. The topological polar surface area (TPSA) is 38.8 Å². The number of nitrogens with zero attached hydrogens (tertiary/aromatic N) is 1. The Labute approximate surface area is 172 Å². The highest BCUT2D eigenvalue weighted by Crippen LogP contribution is 2.30. The summed E-state index contributed by atoms with van der Waals surface area (Å²) in [6.07, 6.45) is 0. The number of carbonyl (C=O) groups is 1. The van der Waals surface area contributed by atoms with Gasteiger partial charge in [0.05, 0.1) is 0 Å². The molecule has 0 aliphatic rings.